The summed E-state index contributed by atoms with van der Waals surface area (Å²) in [6.07, 6.45) is 5.89. The van der Waals surface area contributed by atoms with Crippen LogP contribution in [0.15, 0.2) is 39.3 Å². The maximum Gasteiger partial charge on any atom is 0.412 e. The quantitative estimate of drug-likeness (QED) is 0.632. The predicted octanol–water partition coefficient (Wildman–Crippen LogP) is 6.03. The summed E-state index contributed by atoms with van der Waals surface area (Å²) in [5, 5.41) is 5.00. The molecule has 0 unspecified atom stereocenters. The molecular weight excluding hydrogens is 422 g/mol. The molecule has 0 aliphatic heterocycles. The average Bonchev–Trinajstić information content (AvgIpc) is 2.56. The van der Waals surface area contributed by atoms with Crippen LogP contribution in [-0.4, -0.2) is 12.6 Å². The molecule has 0 heterocycles. The first kappa shape index (κ1) is 16.8. The van der Waals surface area contributed by atoms with Crippen molar-refractivity contribution in [1.29, 1.82) is 0 Å². The highest BCUT2D eigenvalue weighted by molar-refractivity contribution is 9.11. The van der Waals surface area contributed by atoms with Crippen LogP contribution >= 0.6 is 31.9 Å². The smallest absolute Gasteiger partial charge is 0.409 e. The molecule has 1 aliphatic carbocycles. The zero-order valence-corrected chi connectivity index (χ0v) is 16.0. The van der Waals surface area contributed by atoms with Gasteiger partial charge in [0.2, 0.25) is 0 Å². The zero-order valence-electron chi connectivity index (χ0n) is 12.8. The molecule has 1 fully saturated rings. The van der Waals surface area contributed by atoms with Crippen molar-refractivity contribution >= 4 is 48.7 Å². The minimum Gasteiger partial charge on any atom is -0.409 e. The van der Waals surface area contributed by atoms with Crippen molar-refractivity contribution in [2.24, 2.45) is 5.92 Å². The molecule has 122 valence electrons. The van der Waals surface area contributed by atoms with E-state index in [1.807, 2.05) is 30.3 Å². The van der Waals surface area contributed by atoms with E-state index in [-0.39, 0.29) is 6.09 Å². The van der Waals surface area contributed by atoms with Crippen molar-refractivity contribution in [2.75, 3.05) is 6.54 Å². The molecule has 0 spiro atoms. The predicted molar refractivity (Wildman–Crippen MR) is 99.9 cm³/mol. The number of hydrogen-bond acceptors (Lipinski definition) is 2. The molecule has 2 aromatic rings. The van der Waals surface area contributed by atoms with Gasteiger partial charge < -0.3 is 10.1 Å². The zero-order chi connectivity index (χ0) is 16.2. The SMILES string of the molecule is O=C(NCC1CCCCC1)Oc1ccc2cc(Br)ccc2c1Br. The standard InChI is InChI=1S/C18H19Br2NO2/c19-14-7-8-15-13(10-14)6-9-16(17(15)20)23-18(22)21-11-12-4-2-1-3-5-12/h6-10,12H,1-5,11H2,(H,21,22). The summed E-state index contributed by atoms with van der Waals surface area (Å²) in [7, 11) is 0. The van der Waals surface area contributed by atoms with Crippen LogP contribution in [0.4, 0.5) is 4.79 Å². The molecule has 1 amide bonds. The van der Waals surface area contributed by atoms with E-state index in [0.29, 0.717) is 18.2 Å². The molecule has 1 N–H and O–H groups in total. The van der Waals surface area contributed by atoms with Crippen LogP contribution < -0.4 is 10.1 Å². The van der Waals surface area contributed by atoms with Crippen LogP contribution in [0.25, 0.3) is 10.8 Å². The van der Waals surface area contributed by atoms with E-state index in [9.17, 15) is 4.79 Å². The Hall–Kier alpha value is -1.07. The minimum atomic E-state index is -0.382. The van der Waals surface area contributed by atoms with Gasteiger partial charge in [-0.25, -0.2) is 4.79 Å². The van der Waals surface area contributed by atoms with Gasteiger partial charge in [0.05, 0.1) is 4.47 Å². The van der Waals surface area contributed by atoms with Crippen molar-refractivity contribution < 1.29 is 9.53 Å². The number of hydrogen-bond donors (Lipinski definition) is 1. The first-order valence-corrected chi connectivity index (χ1v) is 9.55. The van der Waals surface area contributed by atoms with Gasteiger partial charge in [0, 0.05) is 11.0 Å². The van der Waals surface area contributed by atoms with E-state index in [1.54, 1.807) is 0 Å². The van der Waals surface area contributed by atoms with Crippen LogP contribution in [0.2, 0.25) is 0 Å². The minimum absolute atomic E-state index is 0.382. The first-order valence-electron chi connectivity index (χ1n) is 7.97. The summed E-state index contributed by atoms with van der Waals surface area (Å²) >= 11 is 7.01. The molecule has 23 heavy (non-hydrogen) atoms. The van der Waals surface area contributed by atoms with E-state index < -0.39 is 0 Å². The normalized spacial score (nSPS) is 15.6. The van der Waals surface area contributed by atoms with Gasteiger partial charge in [0.15, 0.2) is 0 Å². The Kier molecular flexibility index (Phi) is 5.59. The monoisotopic (exact) mass is 439 g/mol. The van der Waals surface area contributed by atoms with E-state index in [2.05, 4.69) is 37.2 Å². The van der Waals surface area contributed by atoms with E-state index >= 15 is 0 Å². The average molecular weight is 441 g/mol. The van der Waals surface area contributed by atoms with E-state index in [0.717, 1.165) is 19.7 Å². The number of benzene rings is 2. The third kappa shape index (κ3) is 4.27. The largest absolute Gasteiger partial charge is 0.412 e. The van der Waals surface area contributed by atoms with Gasteiger partial charge in [-0.3, -0.25) is 0 Å². The Balaban J connectivity index is 1.65. The van der Waals surface area contributed by atoms with Crippen LogP contribution in [0.5, 0.6) is 5.75 Å². The lowest BCUT2D eigenvalue weighted by Crippen LogP contribution is -2.32. The third-order valence-corrected chi connectivity index (χ3v) is 5.65. The summed E-state index contributed by atoms with van der Waals surface area (Å²) < 4.78 is 7.29. The highest BCUT2D eigenvalue weighted by Gasteiger charge is 2.16. The Bertz CT molecular complexity index is 711. The third-order valence-electron chi connectivity index (χ3n) is 4.34. The number of halogens is 2. The molecule has 3 nitrogen and oxygen atoms in total. The van der Waals surface area contributed by atoms with E-state index in [4.69, 9.17) is 4.74 Å². The first-order chi connectivity index (χ1) is 11.1. The van der Waals surface area contributed by atoms with Gasteiger partial charge in [0.25, 0.3) is 0 Å². The summed E-state index contributed by atoms with van der Waals surface area (Å²) in [4.78, 5) is 12.0. The highest BCUT2D eigenvalue weighted by atomic mass is 79.9. The number of ether oxygens (including phenoxy) is 1. The number of carbonyl (C=O) groups excluding carboxylic acids is 1. The van der Waals surface area contributed by atoms with Crippen LogP contribution in [0, 0.1) is 5.92 Å². The lowest BCUT2D eigenvalue weighted by Gasteiger charge is -2.21. The molecule has 3 rings (SSSR count). The fourth-order valence-electron chi connectivity index (χ4n) is 3.08. The maximum atomic E-state index is 12.0. The second-order valence-electron chi connectivity index (χ2n) is 6.02. The summed E-state index contributed by atoms with van der Waals surface area (Å²) in [5.74, 6) is 1.13. The molecule has 2 aromatic carbocycles. The number of carbonyl (C=O) groups is 1. The lowest BCUT2D eigenvalue weighted by atomic mass is 9.89. The second-order valence-corrected chi connectivity index (χ2v) is 7.73. The number of nitrogens with one attached hydrogen (secondary N) is 1. The van der Waals surface area contributed by atoms with Crippen molar-refractivity contribution in [3.8, 4) is 5.75 Å². The number of amides is 1. The fraction of sp³-hybridized carbons (Fsp3) is 0.389. The van der Waals surface area contributed by atoms with Gasteiger partial charge in [-0.1, -0.05) is 47.3 Å². The van der Waals surface area contributed by atoms with Crippen LogP contribution in [0.3, 0.4) is 0 Å². The van der Waals surface area contributed by atoms with Crippen LogP contribution in [-0.2, 0) is 0 Å². The Labute approximate surface area is 153 Å². The van der Waals surface area contributed by atoms with Gasteiger partial charge >= 0.3 is 6.09 Å². The lowest BCUT2D eigenvalue weighted by molar-refractivity contribution is 0.196. The summed E-state index contributed by atoms with van der Waals surface area (Å²) in [6, 6.07) is 9.77. The van der Waals surface area contributed by atoms with E-state index in [1.165, 1.54) is 32.1 Å². The van der Waals surface area contributed by atoms with Gasteiger partial charge in [-0.2, -0.15) is 0 Å². The van der Waals surface area contributed by atoms with Crippen molar-refractivity contribution in [1.82, 2.24) is 5.32 Å². The molecule has 0 bridgehead atoms. The highest BCUT2D eigenvalue weighted by Crippen LogP contribution is 2.34. The molecule has 0 saturated heterocycles. The topological polar surface area (TPSA) is 38.3 Å². The van der Waals surface area contributed by atoms with Gasteiger partial charge in [-0.15, -0.1) is 0 Å². The van der Waals surface area contributed by atoms with Gasteiger partial charge in [0.1, 0.15) is 5.75 Å². The second kappa shape index (κ2) is 7.67. The molecule has 0 aromatic heterocycles. The Morgan fingerprint density at radius 1 is 1.13 bits per heavy atom. The molecular formula is C18H19Br2NO2. The molecule has 0 radical (unpaired) electrons. The summed E-state index contributed by atoms with van der Waals surface area (Å²) in [6.45, 7) is 0.705. The molecule has 1 saturated carbocycles. The molecule has 0 atom stereocenters. The summed E-state index contributed by atoms with van der Waals surface area (Å²) in [5.41, 5.74) is 0. The van der Waals surface area contributed by atoms with Crippen molar-refractivity contribution in [3.63, 3.8) is 0 Å². The van der Waals surface area contributed by atoms with Crippen molar-refractivity contribution in [3.05, 3.63) is 39.3 Å². The number of rotatable bonds is 3. The van der Waals surface area contributed by atoms with Crippen LogP contribution in [0.1, 0.15) is 32.1 Å². The maximum absolute atomic E-state index is 12.0. The Morgan fingerprint density at radius 2 is 1.91 bits per heavy atom. The molecule has 5 heteroatoms. The Morgan fingerprint density at radius 3 is 2.70 bits per heavy atom. The molecule has 1 aliphatic rings. The fourth-order valence-corrected chi connectivity index (χ4v) is 4.03. The van der Waals surface area contributed by atoms with Crippen molar-refractivity contribution in [2.45, 2.75) is 32.1 Å². The number of fused-ring (bicyclic) bond motifs is 1. The van der Waals surface area contributed by atoms with Gasteiger partial charge in [-0.05, 0) is 63.7 Å².